The lowest BCUT2D eigenvalue weighted by atomic mass is 9.83. The number of benzene rings is 1. The number of hydrogen-bond acceptors (Lipinski definition) is 1. The fraction of sp³-hybridized carbons (Fsp3) is 0.533. The molecule has 1 aliphatic carbocycles. The highest BCUT2D eigenvalue weighted by molar-refractivity contribution is 9.09. The number of hydrogen-bond donors (Lipinski definition) is 1. The maximum Gasteiger partial charge on any atom is 0.252 e. The standard InChI is InChI=1S/C15H19BrClNO/c1-11-12(6-5-7-13(11)17)14(19)18-15(10-16)8-3-2-4-9-15/h5-7H,2-4,8-10H2,1H3,(H,18,19). The Hall–Kier alpha value is -0.540. The molecule has 0 unspecified atom stereocenters. The topological polar surface area (TPSA) is 29.1 Å². The number of rotatable bonds is 3. The summed E-state index contributed by atoms with van der Waals surface area (Å²) in [5.74, 6) is -0.0126. The third kappa shape index (κ3) is 3.32. The quantitative estimate of drug-likeness (QED) is 0.805. The number of carbonyl (C=O) groups is 1. The summed E-state index contributed by atoms with van der Waals surface area (Å²) in [4.78, 5) is 12.5. The van der Waals surface area contributed by atoms with Crippen LogP contribution in [-0.4, -0.2) is 16.8 Å². The van der Waals surface area contributed by atoms with Crippen LogP contribution in [0.25, 0.3) is 0 Å². The molecule has 1 fully saturated rings. The third-order valence-electron chi connectivity index (χ3n) is 3.96. The van der Waals surface area contributed by atoms with Crippen LogP contribution in [0.15, 0.2) is 18.2 Å². The lowest BCUT2D eigenvalue weighted by molar-refractivity contribution is 0.0886. The first-order valence-corrected chi connectivity index (χ1v) is 8.21. The number of nitrogens with one attached hydrogen (secondary N) is 1. The van der Waals surface area contributed by atoms with Crippen LogP contribution < -0.4 is 5.32 Å². The van der Waals surface area contributed by atoms with E-state index in [4.69, 9.17) is 11.6 Å². The van der Waals surface area contributed by atoms with Crippen LogP contribution in [0.1, 0.15) is 48.0 Å². The van der Waals surface area contributed by atoms with Gasteiger partial charge in [0.1, 0.15) is 0 Å². The van der Waals surface area contributed by atoms with Gasteiger partial charge in [-0.1, -0.05) is 52.9 Å². The normalized spacial score (nSPS) is 18.1. The molecule has 0 radical (unpaired) electrons. The van der Waals surface area contributed by atoms with E-state index < -0.39 is 0 Å². The van der Waals surface area contributed by atoms with E-state index in [2.05, 4.69) is 21.2 Å². The molecule has 1 N–H and O–H groups in total. The Labute approximate surface area is 128 Å². The minimum Gasteiger partial charge on any atom is -0.346 e. The SMILES string of the molecule is Cc1c(Cl)cccc1C(=O)NC1(CBr)CCCCC1. The molecule has 0 heterocycles. The van der Waals surface area contributed by atoms with Crippen LogP contribution >= 0.6 is 27.5 Å². The Balaban J connectivity index is 2.17. The van der Waals surface area contributed by atoms with Crippen molar-refractivity contribution in [2.75, 3.05) is 5.33 Å². The van der Waals surface area contributed by atoms with Gasteiger partial charge in [0.2, 0.25) is 0 Å². The summed E-state index contributed by atoms with van der Waals surface area (Å²) in [5.41, 5.74) is 1.44. The number of halogens is 2. The molecule has 0 saturated heterocycles. The first kappa shape index (κ1) is 14.9. The monoisotopic (exact) mass is 343 g/mol. The number of carbonyl (C=O) groups excluding carboxylic acids is 1. The van der Waals surface area contributed by atoms with Gasteiger partial charge in [0.25, 0.3) is 5.91 Å². The van der Waals surface area contributed by atoms with Crippen molar-refractivity contribution in [2.45, 2.75) is 44.6 Å². The van der Waals surface area contributed by atoms with Gasteiger partial charge >= 0.3 is 0 Å². The van der Waals surface area contributed by atoms with Crippen molar-refractivity contribution in [3.63, 3.8) is 0 Å². The summed E-state index contributed by atoms with van der Waals surface area (Å²) in [5, 5.41) is 4.68. The zero-order valence-electron chi connectivity index (χ0n) is 11.1. The maximum absolute atomic E-state index is 12.5. The molecule has 1 saturated carbocycles. The maximum atomic E-state index is 12.5. The Morgan fingerprint density at radius 3 is 2.68 bits per heavy atom. The van der Waals surface area contributed by atoms with Crippen molar-refractivity contribution in [3.05, 3.63) is 34.3 Å². The van der Waals surface area contributed by atoms with Crippen molar-refractivity contribution in [1.82, 2.24) is 5.32 Å². The Morgan fingerprint density at radius 1 is 1.37 bits per heavy atom. The molecule has 1 aliphatic rings. The van der Waals surface area contributed by atoms with Gasteiger partial charge in [0.15, 0.2) is 0 Å². The first-order valence-electron chi connectivity index (χ1n) is 6.72. The second-order valence-corrected chi connectivity index (χ2v) is 6.31. The molecule has 0 spiro atoms. The highest BCUT2D eigenvalue weighted by Gasteiger charge is 2.33. The summed E-state index contributed by atoms with van der Waals surface area (Å²) >= 11 is 9.64. The lowest BCUT2D eigenvalue weighted by Crippen LogP contribution is -2.51. The summed E-state index contributed by atoms with van der Waals surface area (Å²) in [6.45, 7) is 1.89. The van der Waals surface area contributed by atoms with Crippen LogP contribution in [-0.2, 0) is 0 Å². The van der Waals surface area contributed by atoms with Gasteiger partial charge in [-0.2, -0.15) is 0 Å². The van der Waals surface area contributed by atoms with Crippen molar-refractivity contribution >= 4 is 33.4 Å². The van der Waals surface area contributed by atoms with Crippen LogP contribution in [0, 0.1) is 6.92 Å². The van der Waals surface area contributed by atoms with Crippen molar-refractivity contribution in [3.8, 4) is 0 Å². The highest BCUT2D eigenvalue weighted by Crippen LogP contribution is 2.30. The molecule has 19 heavy (non-hydrogen) atoms. The van der Waals surface area contributed by atoms with Gasteiger partial charge in [0, 0.05) is 15.9 Å². The number of amides is 1. The van der Waals surface area contributed by atoms with Gasteiger partial charge in [-0.15, -0.1) is 0 Å². The molecule has 104 valence electrons. The second-order valence-electron chi connectivity index (χ2n) is 5.34. The van der Waals surface area contributed by atoms with E-state index in [9.17, 15) is 4.79 Å². The molecule has 0 bridgehead atoms. The smallest absolute Gasteiger partial charge is 0.252 e. The average molecular weight is 345 g/mol. The summed E-state index contributed by atoms with van der Waals surface area (Å²) < 4.78 is 0. The molecular weight excluding hydrogens is 326 g/mol. The van der Waals surface area contributed by atoms with E-state index >= 15 is 0 Å². The number of alkyl halides is 1. The van der Waals surface area contributed by atoms with Crippen LogP contribution in [0.5, 0.6) is 0 Å². The first-order chi connectivity index (χ1) is 9.08. The van der Waals surface area contributed by atoms with Crippen LogP contribution in [0.2, 0.25) is 5.02 Å². The molecule has 0 atom stereocenters. The minimum atomic E-state index is -0.0932. The van der Waals surface area contributed by atoms with Gasteiger partial charge in [0.05, 0.1) is 5.54 Å². The molecule has 4 heteroatoms. The molecule has 2 nitrogen and oxygen atoms in total. The lowest BCUT2D eigenvalue weighted by Gasteiger charge is -2.36. The average Bonchev–Trinajstić information content (AvgIpc) is 2.42. The van der Waals surface area contributed by atoms with Gasteiger partial charge < -0.3 is 5.32 Å². The van der Waals surface area contributed by atoms with E-state index in [1.54, 1.807) is 0 Å². The van der Waals surface area contributed by atoms with Crippen molar-refractivity contribution < 1.29 is 4.79 Å². The van der Waals surface area contributed by atoms with E-state index in [-0.39, 0.29) is 11.4 Å². The fourth-order valence-electron chi connectivity index (χ4n) is 2.68. The predicted octanol–water partition coefficient (Wildman–Crippen LogP) is 4.48. The highest BCUT2D eigenvalue weighted by atomic mass is 79.9. The zero-order chi connectivity index (χ0) is 13.9. The molecule has 1 amide bonds. The molecular formula is C15H19BrClNO. The van der Waals surface area contributed by atoms with E-state index in [1.165, 1.54) is 19.3 Å². The summed E-state index contributed by atoms with van der Waals surface area (Å²) in [6.07, 6.45) is 5.72. The molecule has 0 aromatic heterocycles. The predicted molar refractivity (Wildman–Crippen MR) is 83.3 cm³/mol. The van der Waals surface area contributed by atoms with Crippen LogP contribution in [0.4, 0.5) is 0 Å². The van der Waals surface area contributed by atoms with Gasteiger partial charge in [-0.05, 0) is 37.5 Å². The zero-order valence-corrected chi connectivity index (χ0v) is 13.5. The molecule has 1 aromatic rings. The summed E-state index contributed by atoms with van der Waals surface area (Å²) in [6, 6.07) is 5.47. The largest absolute Gasteiger partial charge is 0.346 e. The second kappa shape index (κ2) is 6.27. The third-order valence-corrected chi connectivity index (χ3v) is 5.44. The van der Waals surface area contributed by atoms with Gasteiger partial charge in [-0.25, -0.2) is 0 Å². The van der Waals surface area contributed by atoms with Crippen molar-refractivity contribution in [2.24, 2.45) is 0 Å². The Morgan fingerprint density at radius 2 is 2.05 bits per heavy atom. The van der Waals surface area contributed by atoms with Crippen molar-refractivity contribution in [1.29, 1.82) is 0 Å². The van der Waals surface area contributed by atoms with E-state index in [1.807, 2.05) is 25.1 Å². The van der Waals surface area contributed by atoms with Crippen LogP contribution in [0.3, 0.4) is 0 Å². The summed E-state index contributed by atoms with van der Waals surface area (Å²) in [7, 11) is 0. The Kier molecular flexibility index (Phi) is 4.91. The molecule has 2 rings (SSSR count). The molecule has 1 aromatic carbocycles. The fourth-order valence-corrected chi connectivity index (χ4v) is 3.56. The minimum absolute atomic E-state index is 0.0126. The van der Waals surface area contributed by atoms with E-state index in [0.29, 0.717) is 10.6 Å². The van der Waals surface area contributed by atoms with E-state index in [0.717, 1.165) is 23.7 Å². The molecule has 0 aliphatic heterocycles. The van der Waals surface area contributed by atoms with Gasteiger partial charge in [-0.3, -0.25) is 4.79 Å². The Bertz CT molecular complexity index is 469.